The van der Waals surface area contributed by atoms with Gasteiger partial charge in [-0.3, -0.25) is 4.79 Å². The zero-order valence-electron chi connectivity index (χ0n) is 12.7. The van der Waals surface area contributed by atoms with Crippen molar-refractivity contribution >= 4 is 5.91 Å². The first-order valence-corrected chi connectivity index (χ1v) is 7.06. The van der Waals surface area contributed by atoms with Crippen LogP contribution in [-0.2, 0) is 0 Å². The first-order valence-electron chi connectivity index (χ1n) is 7.06. The highest BCUT2D eigenvalue weighted by molar-refractivity contribution is 5.95. The van der Waals surface area contributed by atoms with Crippen LogP contribution in [0.5, 0.6) is 11.5 Å². The Morgan fingerprint density at radius 1 is 1.10 bits per heavy atom. The standard InChI is InChI=1S/C16H23NO3/c1-11-7-12(2)10-17(9-11)16(18)13-5-6-14(19-3)15(8-13)20-4/h5-6,8,11-12H,7,9-10H2,1-4H3/t11-,12-/m0/s1. The van der Waals surface area contributed by atoms with Gasteiger partial charge in [0.25, 0.3) is 5.91 Å². The highest BCUT2D eigenvalue weighted by atomic mass is 16.5. The van der Waals surface area contributed by atoms with Crippen LogP contribution in [0.3, 0.4) is 0 Å². The van der Waals surface area contributed by atoms with Crippen LogP contribution in [-0.4, -0.2) is 38.1 Å². The highest BCUT2D eigenvalue weighted by Crippen LogP contribution is 2.29. The fourth-order valence-corrected chi connectivity index (χ4v) is 2.98. The molecule has 1 heterocycles. The van der Waals surface area contributed by atoms with Crippen LogP contribution in [0.2, 0.25) is 0 Å². The highest BCUT2D eigenvalue weighted by Gasteiger charge is 2.26. The average Bonchev–Trinajstić information content (AvgIpc) is 2.44. The lowest BCUT2D eigenvalue weighted by Gasteiger charge is -2.35. The third-order valence-electron chi connectivity index (χ3n) is 3.79. The predicted molar refractivity (Wildman–Crippen MR) is 78.4 cm³/mol. The Morgan fingerprint density at radius 2 is 1.70 bits per heavy atom. The van der Waals surface area contributed by atoms with Crippen molar-refractivity contribution in [1.29, 1.82) is 0 Å². The fraction of sp³-hybridized carbons (Fsp3) is 0.562. The summed E-state index contributed by atoms with van der Waals surface area (Å²) in [6.07, 6.45) is 1.19. The molecule has 2 rings (SSSR count). The van der Waals surface area contributed by atoms with Crippen LogP contribution in [0.25, 0.3) is 0 Å². The summed E-state index contributed by atoms with van der Waals surface area (Å²) < 4.78 is 10.5. The normalized spacial score (nSPS) is 22.5. The first-order chi connectivity index (χ1) is 9.55. The number of nitrogens with zero attached hydrogens (tertiary/aromatic N) is 1. The van der Waals surface area contributed by atoms with Gasteiger partial charge >= 0.3 is 0 Å². The minimum atomic E-state index is 0.0735. The maximum Gasteiger partial charge on any atom is 0.254 e. The number of likely N-dealkylation sites (tertiary alicyclic amines) is 1. The number of hydrogen-bond acceptors (Lipinski definition) is 3. The van der Waals surface area contributed by atoms with Gasteiger partial charge in [0.1, 0.15) is 0 Å². The van der Waals surface area contributed by atoms with Crippen molar-refractivity contribution in [2.75, 3.05) is 27.3 Å². The van der Waals surface area contributed by atoms with E-state index in [9.17, 15) is 4.79 Å². The Morgan fingerprint density at radius 3 is 2.25 bits per heavy atom. The molecule has 0 N–H and O–H groups in total. The summed E-state index contributed by atoms with van der Waals surface area (Å²) in [5.41, 5.74) is 0.656. The van der Waals surface area contributed by atoms with Gasteiger partial charge in [0, 0.05) is 18.7 Å². The molecule has 1 saturated heterocycles. The molecule has 1 aromatic carbocycles. The second kappa shape index (κ2) is 6.16. The molecule has 0 saturated carbocycles. The molecule has 1 aliphatic heterocycles. The van der Waals surface area contributed by atoms with Gasteiger partial charge in [0.15, 0.2) is 11.5 Å². The molecule has 0 radical (unpaired) electrons. The van der Waals surface area contributed by atoms with Gasteiger partial charge in [-0.15, -0.1) is 0 Å². The summed E-state index contributed by atoms with van der Waals surface area (Å²) >= 11 is 0. The van der Waals surface area contributed by atoms with Crippen molar-refractivity contribution in [1.82, 2.24) is 4.90 Å². The maximum absolute atomic E-state index is 12.6. The number of rotatable bonds is 3. The summed E-state index contributed by atoms with van der Waals surface area (Å²) in [4.78, 5) is 14.5. The third-order valence-corrected chi connectivity index (χ3v) is 3.79. The van der Waals surface area contributed by atoms with Crippen LogP contribution in [0.15, 0.2) is 18.2 Å². The van der Waals surface area contributed by atoms with Gasteiger partial charge in [-0.2, -0.15) is 0 Å². The number of ether oxygens (including phenoxy) is 2. The Labute approximate surface area is 120 Å². The van der Waals surface area contributed by atoms with E-state index in [0.29, 0.717) is 28.9 Å². The monoisotopic (exact) mass is 277 g/mol. The zero-order valence-corrected chi connectivity index (χ0v) is 12.7. The van der Waals surface area contributed by atoms with E-state index < -0.39 is 0 Å². The molecule has 110 valence electrons. The molecular formula is C16H23NO3. The van der Waals surface area contributed by atoms with Crippen molar-refractivity contribution in [2.45, 2.75) is 20.3 Å². The topological polar surface area (TPSA) is 38.8 Å². The van der Waals surface area contributed by atoms with Gasteiger partial charge < -0.3 is 14.4 Å². The fourth-order valence-electron chi connectivity index (χ4n) is 2.98. The third kappa shape index (κ3) is 3.06. The van der Waals surface area contributed by atoms with E-state index >= 15 is 0 Å². The summed E-state index contributed by atoms with van der Waals surface area (Å²) in [6.45, 7) is 6.06. The quantitative estimate of drug-likeness (QED) is 0.852. The lowest BCUT2D eigenvalue weighted by molar-refractivity contribution is 0.0622. The minimum Gasteiger partial charge on any atom is -0.493 e. The van der Waals surface area contributed by atoms with Crippen molar-refractivity contribution in [3.8, 4) is 11.5 Å². The summed E-state index contributed by atoms with van der Waals surface area (Å²) in [7, 11) is 3.17. The van der Waals surface area contributed by atoms with Crippen molar-refractivity contribution < 1.29 is 14.3 Å². The number of benzene rings is 1. The van der Waals surface area contributed by atoms with E-state index in [1.165, 1.54) is 6.42 Å². The number of carbonyl (C=O) groups is 1. The smallest absolute Gasteiger partial charge is 0.254 e. The molecule has 0 aliphatic carbocycles. The van der Waals surface area contributed by atoms with E-state index in [0.717, 1.165) is 13.1 Å². The molecule has 20 heavy (non-hydrogen) atoms. The van der Waals surface area contributed by atoms with Gasteiger partial charge in [-0.1, -0.05) is 13.8 Å². The number of amides is 1. The molecule has 0 unspecified atom stereocenters. The van der Waals surface area contributed by atoms with Gasteiger partial charge in [-0.05, 0) is 36.5 Å². The van der Waals surface area contributed by atoms with Crippen molar-refractivity contribution in [3.05, 3.63) is 23.8 Å². The van der Waals surface area contributed by atoms with Crippen LogP contribution < -0.4 is 9.47 Å². The maximum atomic E-state index is 12.6. The van der Waals surface area contributed by atoms with Crippen LogP contribution in [0.4, 0.5) is 0 Å². The molecule has 4 nitrogen and oxygen atoms in total. The minimum absolute atomic E-state index is 0.0735. The van der Waals surface area contributed by atoms with Crippen LogP contribution >= 0.6 is 0 Å². The van der Waals surface area contributed by atoms with Gasteiger partial charge in [0.05, 0.1) is 14.2 Å². The van der Waals surface area contributed by atoms with E-state index in [4.69, 9.17) is 9.47 Å². The van der Waals surface area contributed by atoms with Crippen LogP contribution in [0, 0.1) is 11.8 Å². The molecule has 4 heteroatoms. The number of carbonyl (C=O) groups excluding carboxylic acids is 1. The van der Waals surface area contributed by atoms with Gasteiger partial charge in [-0.25, -0.2) is 0 Å². The lowest BCUT2D eigenvalue weighted by Crippen LogP contribution is -2.42. The Kier molecular flexibility index (Phi) is 4.53. The van der Waals surface area contributed by atoms with E-state index in [2.05, 4.69) is 13.8 Å². The summed E-state index contributed by atoms with van der Waals surface area (Å²) in [6, 6.07) is 5.33. The Balaban J connectivity index is 2.20. The molecule has 0 aromatic heterocycles. The molecule has 0 bridgehead atoms. The molecule has 1 aliphatic rings. The molecule has 1 fully saturated rings. The largest absolute Gasteiger partial charge is 0.493 e. The number of piperidine rings is 1. The Bertz CT molecular complexity index is 477. The number of hydrogen-bond donors (Lipinski definition) is 0. The summed E-state index contributed by atoms with van der Waals surface area (Å²) in [5, 5.41) is 0. The van der Waals surface area contributed by atoms with Crippen molar-refractivity contribution in [2.24, 2.45) is 11.8 Å². The molecular weight excluding hydrogens is 254 g/mol. The van der Waals surface area contributed by atoms with E-state index in [-0.39, 0.29) is 5.91 Å². The van der Waals surface area contributed by atoms with E-state index in [1.807, 2.05) is 4.90 Å². The first kappa shape index (κ1) is 14.7. The van der Waals surface area contributed by atoms with Crippen LogP contribution in [0.1, 0.15) is 30.6 Å². The van der Waals surface area contributed by atoms with Gasteiger partial charge in [0.2, 0.25) is 0 Å². The molecule has 1 amide bonds. The predicted octanol–water partition coefficient (Wildman–Crippen LogP) is 2.82. The summed E-state index contributed by atoms with van der Waals surface area (Å²) in [5.74, 6) is 2.43. The number of methoxy groups -OCH3 is 2. The van der Waals surface area contributed by atoms with Crippen molar-refractivity contribution in [3.63, 3.8) is 0 Å². The second-order valence-corrected chi connectivity index (χ2v) is 5.73. The Hall–Kier alpha value is -1.71. The molecule has 1 aromatic rings. The zero-order chi connectivity index (χ0) is 14.7. The van der Waals surface area contributed by atoms with E-state index in [1.54, 1.807) is 32.4 Å². The second-order valence-electron chi connectivity index (χ2n) is 5.73. The SMILES string of the molecule is COc1ccc(C(=O)N2C[C@@H](C)C[C@H](C)C2)cc1OC. The average molecular weight is 277 g/mol. The molecule has 0 spiro atoms. The lowest BCUT2D eigenvalue weighted by atomic mass is 9.91. The molecule has 2 atom stereocenters.